The second-order valence-electron chi connectivity index (χ2n) is 9.25. The van der Waals surface area contributed by atoms with Crippen molar-refractivity contribution in [3.8, 4) is 0 Å². The number of hydrogen-bond donors (Lipinski definition) is 0. The van der Waals surface area contributed by atoms with E-state index in [-0.39, 0.29) is 17.1 Å². The fraction of sp³-hybridized carbons (Fsp3) is 0.682. The van der Waals surface area contributed by atoms with E-state index in [1.54, 1.807) is 6.08 Å². The summed E-state index contributed by atoms with van der Waals surface area (Å²) in [6.45, 7) is 22.5. The first-order valence-corrected chi connectivity index (χ1v) is 12.6. The summed E-state index contributed by atoms with van der Waals surface area (Å²) in [6, 6.07) is 0. The normalized spacial score (nSPS) is 18.4. The molecule has 0 bridgehead atoms. The van der Waals surface area contributed by atoms with Gasteiger partial charge in [-0.3, -0.25) is 0 Å². The molecule has 2 atom stereocenters. The molecule has 3 nitrogen and oxygen atoms in total. The number of esters is 1. The molecule has 4 heteroatoms. The van der Waals surface area contributed by atoms with Crippen LogP contribution in [0.2, 0.25) is 18.1 Å². The highest BCUT2D eigenvalue weighted by Crippen LogP contribution is 2.39. The van der Waals surface area contributed by atoms with Crippen molar-refractivity contribution < 1.29 is 14.0 Å². The third kappa shape index (κ3) is 6.88. The zero-order valence-electron chi connectivity index (χ0n) is 18.1. The van der Waals surface area contributed by atoms with Crippen molar-refractivity contribution >= 4 is 14.3 Å². The molecular weight excluding hydrogens is 340 g/mol. The van der Waals surface area contributed by atoms with Gasteiger partial charge in [0.2, 0.25) is 0 Å². The average Bonchev–Trinajstić information content (AvgIpc) is 2.90. The van der Waals surface area contributed by atoms with E-state index in [0.29, 0.717) is 12.5 Å². The molecule has 0 saturated carbocycles. The Bertz CT molecular complexity index is 579. The molecular formula is C22H38O3Si. The lowest BCUT2D eigenvalue weighted by atomic mass is 9.93. The van der Waals surface area contributed by atoms with Crippen molar-refractivity contribution in [1.82, 2.24) is 0 Å². The largest absolute Gasteiger partial charge is 0.458 e. The minimum Gasteiger partial charge on any atom is -0.458 e. The van der Waals surface area contributed by atoms with Crippen molar-refractivity contribution in [3.63, 3.8) is 0 Å². The second kappa shape index (κ2) is 9.18. The van der Waals surface area contributed by atoms with Gasteiger partial charge in [-0.1, -0.05) is 45.9 Å². The van der Waals surface area contributed by atoms with Crippen LogP contribution in [0.4, 0.5) is 0 Å². The van der Waals surface area contributed by atoms with Gasteiger partial charge in [0, 0.05) is 6.08 Å². The topological polar surface area (TPSA) is 35.5 Å². The smallest absolute Gasteiger partial charge is 0.331 e. The van der Waals surface area contributed by atoms with Gasteiger partial charge in [0.1, 0.15) is 6.61 Å². The highest BCUT2D eigenvalue weighted by molar-refractivity contribution is 6.74. The Morgan fingerprint density at radius 1 is 1.38 bits per heavy atom. The van der Waals surface area contributed by atoms with E-state index in [1.165, 1.54) is 11.1 Å². The minimum absolute atomic E-state index is 0.123. The maximum absolute atomic E-state index is 11.2. The van der Waals surface area contributed by atoms with Crippen LogP contribution in [0.5, 0.6) is 0 Å². The molecule has 0 N–H and O–H groups in total. The van der Waals surface area contributed by atoms with E-state index in [4.69, 9.17) is 9.16 Å². The number of ether oxygens (including phenoxy) is 1. The van der Waals surface area contributed by atoms with Gasteiger partial charge in [-0.15, -0.1) is 0 Å². The van der Waals surface area contributed by atoms with Gasteiger partial charge in [0.05, 0.1) is 6.10 Å². The van der Waals surface area contributed by atoms with Crippen LogP contribution in [-0.4, -0.2) is 27.0 Å². The van der Waals surface area contributed by atoms with Crippen LogP contribution in [0, 0.1) is 5.92 Å². The second-order valence-corrected chi connectivity index (χ2v) is 14.0. The Balaban J connectivity index is 2.84. The van der Waals surface area contributed by atoms with E-state index in [2.05, 4.69) is 67.3 Å². The SMILES string of the molecule is C=C(C)C(C)CC(O[Si](C)(C)C(C)(C)C)/C(C)=C/CCC1=CC(=O)OC1. The van der Waals surface area contributed by atoms with Gasteiger partial charge in [0.15, 0.2) is 8.32 Å². The van der Waals surface area contributed by atoms with Crippen molar-refractivity contribution in [1.29, 1.82) is 0 Å². The Morgan fingerprint density at radius 2 is 2.00 bits per heavy atom. The molecule has 1 heterocycles. The number of rotatable bonds is 9. The van der Waals surface area contributed by atoms with Gasteiger partial charge in [0.25, 0.3) is 0 Å². The Kier molecular flexibility index (Phi) is 8.09. The van der Waals surface area contributed by atoms with Crippen LogP contribution >= 0.6 is 0 Å². The number of hydrogen-bond acceptors (Lipinski definition) is 3. The van der Waals surface area contributed by atoms with Gasteiger partial charge < -0.3 is 9.16 Å². The number of allylic oxidation sites excluding steroid dienone is 2. The third-order valence-electron chi connectivity index (χ3n) is 5.81. The fourth-order valence-electron chi connectivity index (χ4n) is 2.56. The first-order chi connectivity index (χ1) is 11.8. The summed E-state index contributed by atoms with van der Waals surface area (Å²) < 4.78 is 11.7. The molecule has 1 rings (SSSR count). The maximum atomic E-state index is 11.2. The van der Waals surface area contributed by atoms with E-state index in [9.17, 15) is 4.79 Å². The van der Waals surface area contributed by atoms with E-state index < -0.39 is 8.32 Å². The predicted molar refractivity (Wildman–Crippen MR) is 113 cm³/mol. The van der Waals surface area contributed by atoms with Crippen molar-refractivity contribution in [2.24, 2.45) is 5.92 Å². The molecule has 0 radical (unpaired) electrons. The molecule has 2 unspecified atom stereocenters. The van der Waals surface area contributed by atoms with Crippen molar-refractivity contribution in [3.05, 3.63) is 35.5 Å². The first-order valence-electron chi connectivity index (χ1n) is 9.69. The molecule has 0 saturated heterocycles. The molecule has 0 fully saturated rings. The summed E-state index contributed by atoms with van der Waals surface area (Å²) in [5.41, 5.74) is 3.57. The molecule has 0 amide bonds. The van der Waals surface area contributed by atoms with Gasteiger partial charge in [-0.25, -0.2) is 4.79 Å². The highest BCUT2D eigenvalue weighted by Gasteiger charge is 2.39. The first kappa shape index (κ1) is 22.9. The van der Waals surface area contributed by atoms with E-state index in [0.717, 1.165) is 24.8 Å². The molecule has 0 aromatic rings. The molecule has 0 spiro atoms. The zero-order chi connectivity index (χ0) is 20.1. The van der Waals surface area contributed by atoms with E-state index in [1.807, 2.05) is 0 Å². The van der Waals surface area contributed by atoms with Crippen LogP contribution in [0.3, 0.4) is 0 Å². The number of carbonyl (C=O) groups excluding carboxylic acids is 1. The van der Waals surface area contributed by atoms with Crippen LogP contribution < -0.4 is 0 Å². The minimum atomic E-state index is -1.85. The van der Waals surface area contributed by atoms with Gasteiger partial charge in [-0.05, 0) is 68.3 Å². The average molecular weight is 379 g/mol. The van der Waals surface area contributed by atoms with Crippen molar-refractivity contribution in [2.75, 3.05) is 6.61 Å². The predicted octanol–water partition coefficient (Wildman–Crippen LogP) is 6.19. The molecule has 1 aliphatic heterocycles. The van der Waals surface area contributed by atoms with Crippen LogP contribution in [0.15, 0.2) is 35.5 Å². The van der Waals surface area contributed by atoms with Crippen LogP contribution in [0.1, 0.15) is 60.8 Å². The third-order valence-corrected chi connectivity index (χ3v) is 10.3. The summed E-state index contributed by atoms with van der Waals surface area (Å²) in [7, 11) is -1.85. The maximum Gasteiger partial charge on any atom is 0.331 e. The molecule has 1 aliphatic rings. The Hall–Kier alpha value is -1.13. The highest BCUT2D eigenvalue weighted by atomic mass is 28.4. The molecule has 0 aliphatic carbocycles. The molecule has 148 valence electrons. The fourth-order valence-corrected chi connectivity index (χ4v) is 3.90. The van der Waals surface area contributed by atoms with Gasteiger partial charge in [-0.2, -0.15) is 0 Å². The molecule has 0 aromatic carbocycles. The quantitative estimate of drug-likeness (QED) is 0.273. The van der Waals surface area contributed by atoms with Crippen LogP contribution in [0.25, 0.3) is 0 Å². The number of carbonyl (C=O) groups is 1. The van der Waals surface area contributed by atoms with E-state index >= 15 is 0 Å². The summed E-state index contributed by atoms with van der Waals surface area (Å²) in [4.78, 5) is 11.2. The van der Waals surface area contributed by atoms with Crippen molar-refractivity contribution in [2.45, 2.75) is 85.0 Å². The molecule has 0 aromatic heterocycles. The zero-order valence-corrected chi connectivity index (χ0v) is 19.1. The summed E-state index contributed by atoms with van der Waals surface area (Å²) in [6.07, 6.45) is 6.76. The summed E-state index contributed by atoms with van der Waals surface area (Å²) in [5, 5.41) is 0.185. The lowest BCUT2D eigenvalue weighted by Gasteiger charge is -2.40. The number of cyclic esters (lactones) is 1. The Morgan fingerprint density at radius 3 is 2.46 bits per heavy atom. The Labute approximate surface area is 161 Å². The monoisotopic (exact) mass is 378 g/mol. The standard InChI is InChI=1S/C22H38O3Si/c1-16(2)18(4)13-20(25-26(8,9)22(5,6)7)17(3)11-10-12-19-14-21(23)24-15-19/h11,14,18,20H,1,10,12-13,15H2,2-9H3/b17-11+. The summed E-state index contributed by atoms with van der Waals surface area (Å²) in [5.74, 6) is 0.215. The molecule has 26 heavy (non-hydrogen) atoms. The van der Waals surface area contributed by atoms with Crippen LogP contribution in [-0.2, 0) is 14.0 Å². The lowest BCUT2D eigenvalue weighted by molar-refractivity contribution is -0.134. The summed E-state index contributed by atoms with van der Waals surface area (Å²) >= 11 is 0. The van der Waals surface area contributed by atoms with Gasteiger partial charge >= 0.3 is 5.97 Å². The lowest BCUT2D eigenvalue weighted by Crippen LogP contribution is -2.44.